The number of nitrogens with two attached hydrogens (primary N) is 1. The normalized spacial score (nSPS) is 22.4. The van der Waals surface area contributed by atoms with E-state index in [0.717, 1.165) is 43.4 Å². The molecule has 2 rings (SSSR count). The van der Waals surface area contributed by atoms with E-state index in [-0.39, 0.29) is 0 Å². The van der Waals surface area contributed by atoms with E-state index >= 15 is 0 Å². The predicted molar refractivity (Wildman–Crippen MR) is 64.2 cm³/mol. The number of rotatable bonds is 4. The maximum absolute atomic E-state index is 5.79. The Kier molecular flexibility index (Phi) is 4.09. The number of nitrogen functional groups attached to an aromatic ring is 1. The van der Waals surface area contributed by atoms with Crippen molar-refractivity contribution in [1.29, 1.82) is 0 Å². The number of ether oxygens (including phenoxy) is 1. The molecule has 0 saturated carbocycles. The quantitative estimate of drug-likeness (QED) is 0.857. The maximum Gasteiger partial charge on any atom is 0.132 e. The average Bonchev–Trinajstić information content (AvgIpc) is 2.66. The van der Waals surface area contributed by atoms with Crippen LogP contribution in [0.2, 0.25) is 0 Å². The van der Waals surface area contributed by atoms with Crippen molar-refractivity contribution >= 4 is 16.5 Å². The molecule has 5 nitrogen and oxygen atoms in total. The summed E-state index contributed by atoms with van der Waals surface area (Å²) in [5.74, 6) is 0. The van der Waals surface area contributed by atoms with E-state index < -0.39 is 0 Å². The van der Waals surface area contributed by atoms with E-state index in [1.54, 1.807) is 0 Å². The van der Waals surface area contributed by atoms with Crippen LogP contribution in [-0.4, -0.2) is 40.3 Å². The minimum Gasteiger partial charge on any atom is -0.388 e. The number of hydrogen-bond donors (Lipinski definition) is 1. The second-order valence-electron chi connectivity index (χ2n) is 4.04. The van der Waals surface area contributed by atoms with Gasteiger partial charge in [-0.1, -0.05) is 4.49 Å². The Morgan fingerprint density at radius 3 is 3.19 bits per heavy atom. The third kappa shape index (κ3) is 2.90. The van der Waals surface area contributed by atoms with Gasteiger partial charge in [0.15, 0.2) is 0 Å². The monoisotopic (exact) mass is 242 g/mol. The first-order valence-electron chi connectivity index (χ1n) is 5.70. The van der Waals surface area contributed by atoms with Crippen LogP contribution in [0.25, 0.3) is 0 Å². The first-order chi connectivity index (χ1) is 7.79. The summed E-state index contributed by atoms with van der Waals surface area (Å²) in [6, 6.07) is 0. The van der Waals surface area contributed by atoms with E-state index in [0.29, 0.717) is 6.10 Å². The summed E-state index contributed by atoms with van der Waals surface area (Å²) in [6.07, 6.45) is 2.71. The molecule has 0 aromatic carbocycles. The highest BCUT2D eigenvalue weighted by atomic mass is 32.1. The third-order valence-corrected chi connectivity index (χ3v) is 3.42. The Hall–Kier alpha value is -0.720. The lowest BCUT2D eigenvalue weighted by atomic mass is 10.1. The van der Waals surface area contributed by atoms with Crippen molar-refractivity contribution in [2.24, 2.45) is 0 Å². The summed E-state index contributed by atoms with van der Waals surface area (Å²) in [4.78, 5) is 2.34. The molecule has 90 valence electrons. The van der Waals surface area contributed by atoms with Crippen molar-refractivity contribution in [3.63, 3.8) is 0 Å². The lowest BCUT2D eigenvalue weighted by Crippen LogP contribution is -2.39. The minimum atomic E-state index is 0.367. The van der Waals surface area contributed by atoms with Gasteiger partial charge >= 0.3 is 0 Å². The second kappa shape index (κ2) is 5.56. The Morgan fingerprint density at radius 2 is 2.50 bits per heavy atom. The van der Waals surface area contributed by atoms with Gasteiger partial charge in [0.1, 0.15) is 10.7 Å². The molecular formula is C10H18N4OS. The molecule has 1 unspecified atom stereocenters. The summed E-state index contributed by atoms with van der Waals surface area (Å²) in [5.41, 5.74) is 6.69. The van der Waals surface area contributed by atoms with Crippen molar-refractivity contribution < 1.29 is 4.74 Å². The van der Waals surface area contributed by atoms with Crippen LogP contribution in [0.4, 0.5) is 5.00 Å². The largest absolute Gasteiger partial charge is 0.388 e. The highest BCUT2D eigenvalue weighted by Gasteiger charge is 2.21. The van der Waals surface area contributed by atoms with E-state index in [4.69, 9.17) is 10.5 Å². The van der Waals surface area contributed by atoms with Crippen molar-refractivity contribution in [3.8, 4) is 0 Å². The molecule has 1 aromatic heterocycles. The predicted octanol–water partition coefficient (Wildman–Crippen LogP) is 1.12. The fourth-order valence-corrected chi connectivity index (χ4v) is 2.50. The summed E-state index contributed by atoms with van der Waals surface area (Å²) < 4.78 is 9.51. The van der Waals surface area contributed by atoms with Crippen molar-refractivity contribution in [2.75, 3.05) is 25.4 Å². The molecule has 2 heterocycles. The molecule has 0 radical (unpaired) electrons. The van der Waals surface area contributed by atoms with Crippen molar-refractivity contribution in [2.45, 2.75) is 32.4 Å². The van der Waals surface area contributed by atoms with Crippen LogP contribution < -0.4 is 5.73 Å². The highest BCUT2D eigenvalue weighted by molar-refractivity contribution is 7.09. The molecule has 0 aliphatic carbocycles. The Bertz CT molecular complexity index is 328. The van der Waals surface area contributed by atoms with Crippen LogP contribution in [0.15, 0.2) is 0 Å². The number of hydrogen-bond acceptors (Lipinski definition) is 6. The molecule has 1 fully saturated rings. The van der Waals surface area contributed by atoms with Gasteiger partial charge in [0.25, 0.3) is 0 Å². The third-order valence-electron chi connectivity index (χ3n) is 2.82. The summed E-state index contributed by atoms with van der Waals surface area (Å²) in [6.45, 7) is 5.71. The zero-order valence-corrected chi connectivity index (χ0v) is 10.4. The Morgan fingerprint density at radius 1 is 1.62 bits per heavy atom. The Labute approximate surface area is 99.7 Å². The summed E-state index contributed by atoms with van der Waals surface area (Å²) >= 11 is 1.26. The zero-order valence-electron chi connectivity index (χ0n) is 9.56. The molecule has 1 aliphatic rings. The van der Waals surface area contributed by atoms with Crippen LogP contribution >= 0.6 is 11.5 Å². The molecule has 16 heavy (non-hydrogen) atoms. The number of aromatic nitrogens is 2. The zero-order chi connectivity index (χ0) is 11.4. The van der Waals surface area contributed by atoms with Gasteiger partial charge in [0.2, 0.25) is 0 Å². The summed E-state index contributed by atoms with van der Waals surface area (Å²) in [5, 5.41) is 4.78. The molecule has 2 N–H and O–H groups in total. The molecule has 0 spiro atoms. The smallest absolute Gasteiger partial charge is 0.132 e. The lowest BCUT2D eigenvalue weighted by Gasteiger charge is -2.31. The van der Waals surface area contributed by atoms with Crippen molar-refractivity contribution in [3.05, 3.63) is 5.69 Å². The average molecular weight is 242 g/mol. The molecular weight excluding hydrogens is 224 g/mol. The van der Waals surface area contributed by atoms with Gasteiger partial charge in [-0.05, 0) is 26.3 Å². The SMILES string of the molecule is CCOC1CCCN(Cc2nnsc2N)C1. The Balaban J connectivity index is 1.88. The molecule has 0 bridgehead atoms. The first kappa shape index (κ1) is 11.8. The van der Waals surface area contributed by atoms with Crippen LogP contribution in [0, 0.1) is 0 Å². The second-order valence-corrected chi connectivity index (χ2v) is 4.82. The van der Waals surface area contributed by atoms with E-state index in [2.05, 4.69) is 14.5 Å². The van der Waals surface area contributed by atoms with Crippen LogP contribution in [0.1, 0.15) is 25.5 Å². The first-order valence-corrected chi connectivity index (χ1v) is 6.47. The lowest BCUT2D eigenvalue weighted by molar-refractivity contribution is 0.00336. The van der Waals surface area contributed by atoms with E-state index in [1.165, 1.54) is 18.0 Å². The van der Waals surface area contributed by atoms with Gasteiger partial charge in [-0.2, -0.15) is 0 Å². The fraction of sp³-hybridized carbons (Fsp3) is 0.800. The van der Waals surface area contributed by atoms with Crippen LogP contribution in [0.3, 0.4) is 0 Å². The number of nitrogens with zero attached hydrogens (tertiary/aromatic N) is 3. The van der Waals surface area contributed by atoms with Gasteiger partial charge in [-0.25, -0.2) is 0 Å². The molecule has 1 aromatic rings. The highest BCUT2D eigenvalue weighted by Crippen LogP contribution is 2.19. The molecule has 1 aliphatic heterocycles. The van der Waals surface area contributed by atoms with Gasteiger partial charge in [0.05, 0.1) is 6.10 Å². The van der Waals surface area contributed by atoms with Gasteiger partial charge < -0.3 is 10.5 Å². The number of piperidine rings is 1. The molecule has 0 amide bonds. The maximum atomic E-state index is 5.79. The molecule has 6 heteroatoms. The van der Waals surface area contributed by atoms with Crippen LogP contribution in [-0.2, 0) is 11.3 Å². The van der Waals surface area contributed by atoms with E-state index in [1.807, 2.05) is 6.92 Å². The number of likely N-dealkylation sites (tertiary alicyclic amines) is 1. The van der Waals surface area contributed by atoms with Crippen LogP contribution in [0.5, 0.6) is 0 Å². The molecule has 1 saturated heterocycles. The van der Waals surface area contributed by atoms with Gasteiger partial charge in [-0.15, -0.1) is 5.10 Å². The van der Waals surface area contributed by atoms with E-state index in [9.17, 15) is 0 Å². The topological polar surface area (TPSA) is 64.3 Å². The molecule has 1 atom stereocenters. The standard InChI is InChI=1S/C10H18N4OS/c1-2-15-8-4-3-5-14(6-8)7-9-10(11)16-13-12-9/h8H,2-7,11H2,1H3. The van der Waals surface area contributed by atoms with Crippen molar-refractivity contribution in [1.82, 2.24) is 14.5 Å². The number of anilines is 1. The summed E-state index contributed by atoms with van der Waals surface area (Å²) in [7, 11) is 0. The van der Waals surface area contributed by atoms with Gasteiger partial charge in [0, 0.05) is 31.2 Å². The fourth-order valence-electron chi connectivity index (χ4n) is 2.07. The minimum absolute atomic E-state index is 0.367. The van der Waals surface area contributed by atoms with Gasteiger partial charge in [-0.3, -0.25) is 4.90 Å².